The summed E-state index contributed by atoms with van der Waals surface area (Å²) in [6.45, 7) is 5.85. The molecule has 202 valence electrons. The van der Waals surface area contributed by atoms with E-state index >= 15 is 4.39 Å². The lowest BCUT2D eigenvalue weighted by molar-refractivity contribution is 0.301. The van der Waals surface area contributed by atoms with E-state index in [-0.39, 0.29) is 23.7 Å². The van der Waals surface area contributed by atoms with Crippen LogP contribution in [0.4, 0.5) is 13.2 Å². The molecule has 1 aliphatic carbocycles. The van der Waals surface area contributed by atoms with Gasteiger partial charge in [-0.25, -0.2) is 8.78 Å². The second-order valence-corrected chi connectivity index (χ2v) is 10.6. The van der Waals surface area contributed by atoms with Crippen LogP contribution in [0.5, 0.6) is 5.75 Å². The molecule has 0 spiro atoms. The average Bonchev–Trinajstić information content (AvgIpc) is 2.94. The Kier molecular flexibility index (Phi) is 10.1. The summed E-state index contributed by atoms with van der Waals surface area (Å²) < 4.78 is 49.4. The van der Waals surface area contributed by atoms with Crippen LogP contribution in [0.25, 0.3) is 22.3 Å². The van der Waals surface area contributed by atoms with Gasteiger partial charge in [0.05, 0.1) is 0 Å². The molecule has 1 aliphatic rings. The fourth-order valence-electron chi connectivity index (χ4n) is 5.68. The van der Waals surface area contributed by atoms with Gasteiger partial charge in [0.15, 0.2) is 11.6 Å². The SMILES string of the molecule is C=CCOc1ccc(-c2ccc(-c3ccc(C4CCC(CCCCCCC)CC4)cc3F)cc2)c(F)c1F. The van der Waals surface area contributed by atoms with Crippen LogP contribution < -0.4 is 4.74 Å². The summed E-state index contributed by atoms with van der Waals surface area (Å²) >= 11 is 0. The standard InChI is InChI=1S/C34H39F3O/c1-3-5-6-7-8-9-24-10-12-25(13-11-24)28-18-19-29(31(35)23-28)26-14-16-27(17-15-26)30-20-21-32(38-22-4-2)34(37)33(30)36/h4,14-21,23-25H,2-3,5-13,22H2,1H3. The van der Waals surface area contributed by atoms with Gasteiger partial charge in [-0.2, -0.15) is 4.39 Å². The molecule has 0 saturated heterocycles. The molecule has 0 heterocycles. The molecular formula is C34H39F3O. The van der Waals surface area contributed by atoms with Gasteiger partial charge in [-0.3, -0.25) is 0 Å². The highest BCUT2D eigenvalue weighted by Gasteiger charge is 2.23. The van der Waals surface area contributed by atoms with Crippen LogP contribution in [0, 0.1) is 23.4 Å². The number of halogens is 3. The summed E-state index contributed by atoms with van der Waals surface area (Å²) in [7, 11) is 0. The van der Waals surface area contributed by atoms with Crippen LogP contribution in [0.15, 0.2) is 67.3 Å². The summed E-state index contributed by atoms with van der Waals surface area (Å²) in [5.41, 5.74) is 2.95. The zero-order chi connectivity index (χ0) is 26.9. The number of hydrogen-bond acceptors (Lipinski definition) is 1. The van der Waals surface area contributed by atoms with Gasteiger partial charge in [-0.05, 0) is 72.4 Å². The normalized spacial score (nSPS) is 17.4. The molecule has 3 aromatic carbocycles. The fourth-order valence-corrected chi connectivity index (χ4v) is 5.68. The van der Waals surface area contributed by atoms with Gasteiger partial charge in [0.1, 0.15) is 12.4 Å². The van der Waals surface area contributed by atoms with E-state index in [9.17, 15) is 8.78 Å². The number of rotatable bonds is 12. The Labute approximate surface area is 225 Å². The van der Waals surface area contributed by atoms with Crippen molar-refractivity contribution < 1.29 is 17.9 Å². The minimum absolute atomic E-state index is 0.0925. The highest BCUT2D eigenvalue weighted by Crippen LogP contribution is 2.39. The third-order valence-corrected chi connectivity index (χ3v) is 7.94. The van der Waals surface area contributed by atoms with Crippen LogP contribution in [0.3, 0.4) is 0 Å². The van der Waals surface area contributed by atoms with Crippen LogP contribution in [-0.2, 0) is 0 Å². The molecule has 1 nitrogen and oxygen atoms in total. The van der Waals surface area contributed by atoms with Crippen molar-refractivity contribution in [3.63, 3.8) is 0 Å². The molecule has 0 amide bonds. The second-order valence-electron chi connectivity index (χ2n) is 10.6. The van der Waals surface area contributed by atoms with Crippen molar-refractivity contribution in [3.8, 4) is 28.0 Å². The highest BCUT2D eigenvalue weighted by molar-refractivity contribution is 5.71. The molecule has 4 heteroatoms. The fraction of sp³-hybridized carbons (Fsp3) is 0.412. The minimum Gasteiger partial charge on any atom is -0.486 e. The molecule has 4 rings (SSSR count). The molecular weight excluding hydrogens is 481 g/mol. The van der Waals surface area contributed by atoms with Crippen LogP contribution >= 0.6 is 0 Å². The number of ether oxygens (including phenoxy) is 1. The summed E-state index contributed by atoms with van der Waals surface area (Å²) in [5, 5.41) is 0. The minimum atomic E-state index is -1.03. The van der Waals surface area contributed by atoms with E-state index in [4.69, 9.17) is 4.74 Å². The summed E-state index contributed by atoms with van der Waals surface area (Å²) in [6, 6.07) is 15.4. The van der Waals surface area contributed by atoms with Crippen LogP contribution in [-0.4, -0.2) is 6.61 Å². The van der Waals surface area contributed by atoms with Gasteiger partial charge in [0.2, 0.25) is 5.82 Å². The molecule has 0 radical (unpaired) electrons. The second kappa shape index (κ2) is 13.7. The Morgan fingerprint density at radius 3 is 2.11 bits per heavy atom. The van der Waals surface area contributed by atoms with Crippen LogP contribution in [0.2, 0.25) is 0 Å². The zero-order valence-electron chi connectivity index (χ0n) is 22.5. The number of benzene rings is 3. The largest absolute Gasteiger partial charge is 0.486 e. The van der Waals surface area contributed by atoms with Crippen molar-refractivity contribution in [2.24, 2.45) is 5.92 Å². The van der Waals surface area contributed by atoms with Crippen molar-refractivity contribution >= 4 is 0 Å². The maximum Gasteiger partial charge on any atom is 0.201 e. The molecule has 0 aliphatic heterocycles. The Hall–Kier alpha value is -3.01. The summed E-state index contributed by atoms with van der Waals surface area (Å²) in [4.78, 5) is 0. The summed E-state index contributed by atoms with van der Waals surface area (Å²) in [6.07, 6.45) is 14.2. The van der Waals surface area contributed by atoms with Crippen molar-refractivity contribution in [1.82, 2.24) is 0 Å². The van der Waals surface area contributed by atoms with E-state index in [2.05, 4.69) is 19.6 Å². The maximum absolute atomic E-state index is 15.2. The van der Waals surface area contributed by atoms with Crippen LogP contribution in [0.1, 0.15) is 82.6 Å². The smallest absolute Gasteiger partial charge is 0.201 e. The Morgan fingerprint density at radius 2 is 1.45 bits per heavy atom. The first-order chi connectivity index (χ1) is 18.5. The van der Waals surface area contributed by atoms with E-state index < -0.39 is 11.6 Å². The van der Waals surface area contributed by atoms with Crippen molar-refractivity contribution in [2.45, 2.75) is 77.0 Å². The molecule has 0 bridgehead atoms. The van der Waals surface area contributed by atoms with E-state index in [1.807, 2.05) is 6.07 Å². The predicted octanol–water partition coefficient (Wildman–Crippen LogP) is 10.6. The molecule has 0 unspecified atom stereocenters. The van der Waals surface area contributed by atoms with Gasteiger partial charge in [0.25, 0.3) is 0 Å². The first kappa shape index (κ1) is 28.0. The van der Waals surface area contributed by atoms with Gasteiger partial charge >= 0.3 is 0 Å². The third kappa shape index (κ3) is 6.89. The monoisotopic (exact) mass is 520 g/mol. The lowest BCUT2D eigenvalue weighted by Crippen LogP contribution is -2.13. The molecule has 1 fully saturated rings. The Morgan fingerprint density at radius 1 is 0.789 bits per heavy atom. The molecule has 3 aromatic rings. The van der Waals surface area contributed by atoms with E-state index in [0.717, 1.165) is 24.3 Å². The summed E-state index contributed by atoms with van der Waals surface area (Å²) in [5.74, 6) is -1.15. The zero-order valence-corrected chi connectivity index (χ0v) is 22.5. The van der Waals surface area contributed by atoms with E-state index in [0.29, 0.717) is 22.6 Å². The number of hydrogen-bond donors (Lipinski definition) is 0. The van der Waals surface area contributed by atoms with Crippen molar-refractivity contribution in [2.75, 3.05) is 6.61 Å². The van der Waals surface area contributed by atoms with E-state index in [1.54, 1.807) is 30.3 Å². The van der Waals surface area contributed by atoms with Gasteiger partial charge < -0.3 is 4.74 Å². The quantitative estimate of drug-likeness (QED) is 0.170. The Balaban J connectivity index is 1.38. The molecule has 0 N–H and O–H groups in total. The maximum atomic E-state index is 15.2. The lowest BCUT2D eigenvalue weighted by Gasteiger charge is -2.29. The van der Waals surface area contributed by atoms with Crippen molar-refractivity contribution in [1.29, 1.82) is 0 Å². The lowest BCUT2D eigenvalue weighted by atomic mass is 9.77. The topological polar surface area (TPSA) is 9.23 Å². The van der Waals surface area contributed by atoms with E-state index in [1.165, 1.54) is 69.6 Å². The van der Waals surface area contributed by atoms with Gasteiger partial charge in [0, 0.05) is 11.1 Å². The highest BCUT2D eigenvalue weighted by atomic mass is 19.2. The predicted molar refractivity (Wildman–Crippen MR) is 151 cm³/mol. The first-order valence-electron chi connectivity index (χ1n) is 14.1. The van der Waals surface area contributed by atoms with Gasteiger partial charge in [-0.1, -0.05) is 94.5 Å². The molecule has 38 heavy (non-hydrogen) atoms. The first-order valence-corrected chi connectivity index (χ1v) is 14.1. The van der Waals surface area contributed by atoms with Crippen molar-refractivity contribution in [3.05, 3.63) is 90.3 Å². The average molecular weight is 521 g/mol. The molecule has 0 atom stereocenters. The third-order valence-electron chi connectivity index (χ3n) is 7.94. The molecule has 1 saturated carbocycles. The molecule has 0 aromatic heterocycles. The number of unbranched alkanes of at least 4 members (excludes halogenated alkanes) is 4. The Bertz CT molecular complexity index is 1190. The van der Waals surface area contributed by atoms with Gasteiger partial charge in [-0.15, -0.1) is 0 Å².